The standard InChI is InChI=1S/C10H13NO6/c12-7-3-10(16,4-8(13)14)5-11(7)6-1-2-17-9(6)15/h6,16H,1-5H2,(H,13,14). The Kier molecular flexibility index (Phi) is 2.78. The molecule has 2 saturated heterocycles. The van der Waals surface area contributed by atoms with Gasteiger partial charge in [-0.1, -0.05) is 0 Å². The van der Waals surface area contributed by atoms with Crippen LogP contribution < -0.4 is 0 Å². The van der Waals surface area contributed by atoms with Crippen molar-refractivity contribution in [3.05, 3.63) is 0 Å². The van der Waals surface area contributed by atoms with Crippen LogP contribution in [0.15, 0.2) is 0 Å². The molecule has 0 aromatic heterocycles. The zero-order valence-corrected chi connectivity index (χ0v) is 9.09. The predicted octanol–water partition coefficient (Wildman–Crippen LogP) is -1.26. The van der Waals surface area contributed by atoms with Crippen LogP contribution in [0.2, 0.25) is 0 Å². The normalized spacial score (nSPS) is 33.0. The second-order valence-corrected chi connectivity index (χ2v) is 4.47. The van der Waals surface area contributed by atoms with Gasteiger partial charge in [0, 0.05) is 6.42 Å². The highest BCUT2D eigenvalue weighted by molar-refractivity contribution is 5.88. The molecule has 2 N–H and O–H groups in total. The van der Waals surface area contributed by atoms with Crippen LogP contribution in [0.1, 0.15) is 19.3 Å². The first-order chi connectivity index (χ1) is 7.91. The third-order valence-corrected chi connectivity index (χ3v) is 3.03. The van der Waals surface area contributed by atoms with Gasteiger partial charge in [0.15, 0.2) is 0 Å². The first kappa shape index (κ1) is 11.8. The number of ether oxygens (including phenoxy) is 1. The Labute approximate surface area is 97.0 Å². The van der Waals surface area contributed by atoms with E-state index in [1.807, 2.05) is 0 Å². The first-order valence-corrected chi connectivity index (χ1v) is 5.32. The molecule has 2 aliphatic heterocycles. The number of carbonyl (C=O) groups excluding carboxylic acids is 2. The van der Waals surface area contributed by atoms with Gasteiger partial charge in [0.25, 0.3) is 0 Å². The minimum atomic E-state index is -1.58. The van der Waals surface area contributed by atoms with E-state index in [0.29, 0.717) is 6.42 Å². The van der Waals surface area contributed by atoms with Gasteiger partial charge in [-0.3, -0.25) is 9.59 Å². The van der Waals surface area contributed by atoms with Crippen molar-refractivity contribution < 1.29 is 29.3 Å². The van der Waals surface area contributed by atoms with E-state index < -0.39 is 35.9 Å². The molecule has 2 unspecified atom stereocenters. The number of hydrogen-bond acceptors (Lipinski definition) is 5. The van der Waals surface area contributed by atoms with Gasteiger partial charge in [0.1, 0.15) is 11.6 Å². The topological polar surface area (TPSA) is 104 Å². The third-order valence-electron chi connectivity index (χ3n) is 3.03. The van der Waals surface area contributed by atoms with E-state index in [1.54, 1.807) is 0 Å². The van der Waals surface area contributed by atoms with Crippen LogP contribution in [0.25, 0.3) is 0 Å². The van der Waals surface area contributed by atoms with Crippen LogP contribution in [0.4, 0.5) is 0 Å². The van der Waals surface area contributed by atoms with Crippen molar-refractivity contribution in [2.24, 2.45) is 0 Å². The van der Waals surface area contributed by atoms with E-state index in [-0.39, 0.29) is 19.6 Å². The molecule has 0 aliphatic carbocycles. The molecular weight excluding hydrogens is 230 g/mol. The molecule has 94 valence electrons. The summed E-state index contributed by atoms with van der Waals surface area (Å²) in [5, 5.41) is 18.6. The van der Waals surface area contributed by atoms with Crippen molar-refractivity contribution in [1.82, 2.24) is 4.90 Å². The van der Waals surface area contributed by atoms with Crippen molar-refractivity contribution >= 4 is 17.8 Å². The number of β-amino-alcohol motifs (C(OH)–C–C–N with tert-alkyl or cyclic N) is 1. The number of cyclic esters (lactones) is 1. The van der Waals surface area contributed by atoms with Crippen molar-refractivity contribution in [1.29, 1.82) is 0 Å². The highest BCUT2D eigenvalue weighted by atomic mass is 16.5. The summed E-state index contributed by atoms with van der Waals surface area (Å²) in [6, 6.07) is -0.676. The van der Waals surface area contributed by atoms with Crippen LogP contribution in [0.5, 0.6) is 0 Å². The zero-order valence-electron chi connectivity index (χ0n) is 9.09. The number of esters is 1. The van der Waals surface area contributed by atoms with E-state index in [9.17, 15) is 19.5 Å². The largest absolute Gasteiger partial charge is 0.481 e. The second-order valence-electron chi connectivity index (χ2n) is 4.47. The zero-order chi connectivity index (χ0) is 12.6. The van der Waals surface area contributed by atoms with Gasteiger partial charge in [-0.05, 0) is 0 Å². The van der Waals surface area contributed by atoms with Crippen molar-refractivity contribution in [3.8, 4) is 0 Å². The Hall–Kier alpha value is -1.63. The lowest BCUT2D eigenvalue weighted by molar-refractivity contribution is -0.146. The van der Waals surface area contributed by atoms with Gasteiger partial charge in [-0.25, -0.2) is 4.79 Å². The lowest BCUT2D eigenvalue weighted by atomic mass is 9.99. The molecule has 0 saturated carbocycles. The van der Waals surface area contributed by atoms with Crippen LogP contribution in [0, 0.1) is 0 Å². The maximum Gasteiger partial charge on any atom is 0.328 e. The summed E-state index contributed by atoms with van der Waals surface area (Å²) in [6.45, 7) is 0.128. The summed E-state index contributed by atoms with van der Waals surface area (Å²) in [5.41, 5.74) is -1.58. The van der Waals surface area contributed by atoms with Gasteiger partial charge in [0.2, 0.25) is 5.91 Å². The van der Waals surface area contributed by atoms with Crippen LogP contribution >= 0.6 is 0 Å². The summed E-state index contributed by atoms with van der Waals surface area (Å²) in [4.78, 5) is 34.8. The fraction of sp³-hybridized carbons (Fsp3) is 0.700. The number of carbonyl (C=O) groups is 3. The maximum atomic E-state index is 11.7. The van der Waals surface area contributed by atoms with Gasteiger partial charge >= 0.3 is 11.9 Å². The Bertz CT molecular complexity index is 381. The summed E-state index contributed by atoms with van der Waals surface area (Å²) in [7, 11) is 0. The molecule has 2 fully saturated rings. The molecule has 0 bridgehead atoms. The Morgan fingerprint density at radius 3 is 2.76 bits per heavy atom. The quantitative estimate of drug-likeness (QED) is 0.599. The Balaban J connectivity index is 2.09. The molecule has 7 nitrogen and oxygen atoms in total. The van der Waals surface area contributed by atoms with E-state index in [1.165, 1.54) is 4.90 Å². The highest BCUT2D eigenvalue weighted by Gasteiger charge is 2.48. The minimum Gasteiger partial charge on any atom is -0.481 e. The predicted molar refractivity (Wildman–Crippen MR) is 52.9 cm³/mol. The molecule has 2 atom stereocenters. The molecule has 0 aromatic rings. The second kappa shape index (κ2) is 3.99. The van der Waals surface area contributed by atoms with Crippen molar-refractivity contribution in [2.45, 2.75) is 30.9 Å². The number of likely N-dealkylation sites (tertiary alicyclic amines) is 1. The highest BCUT2D eigenvalue weighted by Crippen LogP contribution is 2.29. The summed E-state index contributed by atoms with van der Waals surface area (Å²) in [5.74, 6) is -2.06. The van der Waals surface area contributed by atoms with E-state index >= 15 is 0 Å². The Morgan fingerprint density at radius 1 is 1.53 bits per heavy atom. The number of carboxylic acid groups (broad SMARTS) is 1. The molecule has 0 spiro atoms. The monoisotopic (exact) mass is 243 g/mol. The lowest BCUT2D eigenvalue weighted by Crippen LogP contribution is -2.42. The first-order valence-electron chi connectivity index (χ1n) is 5.32. The summed E-state index contributed by atoms with van der Waals surface area (Å²) in [6.07, 6.45) is -0.367. The average Bonchev–Trinajstić information content (AvgIpc) is 2.69. The van der Waals surface area contributed by atoms with E-state index in [2.05, 4.69) is 0 Å². The molecular formula is C10H13NO6. The summed E-state index contributed by atoms with van der Waals surface area (Å²) < 4.78 is 4.74. The molecule has 2 heterocycles. The van der Waals surface area contributed by atoms with Crippen LogP contribution in [-0.4, -0.2) is 57.8 Å². The van der Waals surface area contributed by atoms with Gasteiger partial charge in [-0.15, -0.1) is 0 Å². The summed E-state index contributed by atoms with van der Waals surface area (Å²) >= 11 is 0. The van der Waals surface area contributed by atoms with E-state index in [0.717, 1.165) is 0 Å². The number of aliphatic hydroxyl groups is 1. The average molecular weight is 243 g/mol. The smallest absolute Gasteiger partial charge is 0.328 e. The van der Waals surface area contributed by atoms with Crippen LogP contribution in [0.3, 0.4) is 0 Å². The Morgan fingerprint density at radius 2 is 2.24 bits per heavy atom. The van der Waals surface area contributed by atoms with Crippen LogP contribution in [-0.2, 0) is 19.1 Å². The van der Waals surface area contributed by atoms with Crippen molar-refractivity contribution in [3.63, 3.8) is 0 Å². The number of hydrogen-bond donors (Lipinski definition) is 2. The molecule has 2 aliphatic rings. The fourth-order valence-electron chi connectivity index (χ4n) is 2.30. The minimum absolute atomic E-state index is 0.127. The number of rotatable bonds is 3. The van der Waals surface area contributed by atoms with E-state index in [4.69, 9.17) is 9.84 Å². The number of amides is 1. The number of aliphatic carboxylic acids is 1. The molecule has 2 rings (SSSR count). The maximum absolute atomic E-state index is 11.7. The lowest BCUT2D eigenvalue weighted by Gasteiger charge is -2.23. The number of carboxylic acids is 1. The van der Waals surface area contributed by atoms with Gasteiger partial charge in [0.05, 0.1) is 26.0 Å². The van der Waals surface area contributed by atoms with Gasteiger partial charge in [-0.2, -0.15) is 0 Å². The molecule has 0 aromatic carbocycles. The fourth-order valence-corrected chi connectivity index (χ4v) is 2.30. The number of nitrogens with zero attached hydrogens (tertiary/aromatic N) is 1. The molecule has 7 heteroatoms. The molecule has 1 amide bonds. The molecule has 17 heavy (non-hydrogen) atoms. The van der Waals surface area contributed by atoms with Crippen molar-refractivity contribution in [2.75, 3.05) is 13.2 Å². The molecule has 0 radical (unpaired) electrons. The SMILES string of the molecule is O=C(O)CC1(O)CC(=O)N(C2CCOC2=O)C1. The van der Waals surface area contributed by atoms with Gasteiger partial charge < -0.3 is 19.8 Å². The third kappa shape index (κ3) is 2.23.